The highest BCUT2D eigenvalue weighted by Gasteiger charge is 2.08. The van der Waals surface area contributed by atoms with Gasteiger partial charge in [-0.1, -0.05) is 17.7 Å². The summed E-state index contributed by atoms with van der Waals surface area (Å²) in [5.74, 6) is 0.688. The molecule has 0 heterocycles. The van der Waals surface area contributed by atoms with Gasteiger partial charge >= 0.3 is 0 Å². The third-order valence-electron chi connectivity index (χ3n) is 2.03. The summed E-state index contributed by atoms with van der Waals surface area (Å²) in [6.45, 7) is 2.99. The van der Waals surface area contributed by atoms with Crippen molar-refractivity contribution in [1.82, 2.24) is 0 Å². The van der Waals surface area contributed by atoms with E-state index in [1.807, 2.05) is 25.1 Å². The number of hydrogen-bond donors (Lipinski definition) is 1. The molecular weight excluding hydrogens is 214 g/mol. The summed E-state index contributed by atoms with van der Waals surface area (Å²) in [5.41, 5.74) is 6.82. The van der Waals surface area contributed by atoms with Gasteiger partial charge in [-0.25, -0.2) is 0 Å². The zero-order valence-corrected chi connectivity index (χ0v) is 9.75. The summed E-state index contributed by atoms with van der Waals surface area (Å²) >= 11 is 6.03. The van der Waals surface area contributed by atoms with Crippen molar-refractivity contribution in [2.24, 2.45) is 5.73 Å². The second-order valence-corrected chi connectivity index (χ2v) is 3.59. The fraction of sp³-hybridized carbons (Fsp3) is 0.455. The van der Waals surface area contributed by atoms with Crippen LogP contribution >= 0.6 is 11.6 Å². The largest absolute Gasteiger partial charge is 0.492 e. The van der Waals surface area contributed by atoms with Gasteiger partial charge in [-0.05, 0) is 24.6 Å². The normalized spacial score (nSPS) is 12.5. The van der Waals surface area contributed by atoms with E-state index < -0.39 is 0 Å². The molecule has 1 atom stereocenters. The Kier molecular flexibility index (Phi) is 4.88. The standard InChI is InChI=1S/C11H16ClNO2/c1-3-15-11-5-4-8(6-9(11)12)10(13)7-14-2/h4-6,10H,3,7,13H2,1-2H3. The van der Waals surface area contributed by atoms with Gasteiger partial charge in [0.15, 0.2) is 0 Å². The summed E-state index contributed by atoms with van der Waals surface area (Å²) in [6.07, 6.45) is 0. The van der Waals surface area contributed by atoms with Crippen molar-refractivity contribution < 1.29 is 9.47 Å². The number of halogens is 1. The molecular formula is C11H16ClNO2. The SMILES string of the molecule is CCOc1ccc(C(N)COC)cc1Cl. The zero-order chi connectivity index (χ0) is 11.3. The summed E-state index contributed by atoms with van der Waals surface area (Å²) in [4.78, 5) is 0. The first kappa shape index (κ1) is 12.3. The van der Waals surface area contributed by atoms with Gasteiger partial charge in [0.2, 0.25) is 0 Å². The Labute approximate surface area is 95.1 Å². The van der Waals surface area contributed by atoms with Gasteiger partial charge in [0.1, 0.15) is 5.75 Å². The minimum atomic E-state index is -0.150. The number of methoxy groups -OCH3 is 1. The first-order valence-corrected chi connectivity index (χ1v) is 5.23. The molecule has 1 unspecified atom stereocenters. The molecule has 0 saturated heterocycles. The fourth-order valence-corrected chi connectivity index (χ4v) is 1.54. The molecule has 84 valence electrons. The topological polar surface area (TPSA) is 44.5 Å². The molecule has 0 fully saturated rings. The van der Waals surface area contributed by atoms with Crippen molar-refractivity contribution in [1.29, 1.82) is 0 Å². The molecule has 0 aliphatic carbocycles. The summed E-state index contributed by atoms with van der Waals surface area (Å²) < 4.78 is 10.3. The molecule has 0 aromatic heterocycles. The van der Waals surface area contributed by atoms with E-state index >= 15 is 0 Å². The average Bonchev–Trinajstić information content (AvgIpc) is 2.21. The molecule has 0 bridgehead atoms. The molecule has 1 aromatic carbocycles. The van der Waals surface area contributed by atoms with Crippen molar-refractivity contribution in [3.8, 4) is 5.75 Å². The predicted molar refractivity (Wildman–Crippen MR) is 61.4 cm³/mol. The van der Waals surface area contributed by atoms with E-state index in [-0.39, 0.29) is 6.04 Å². The number of nitrogens with two attached hydrogens (primary N) is 1. The predicted octanol–water partition coefficient (Wildman–Crippen LogP) is 2.38. The van der Waals surface area contributed by atoms with E-state index in [0.29, 0.717) is 24.0 Å². The zero-order valence-electron chi connectivity index (χ0n) is 9.00. The van der Waals surface area contributed by atoms with E-state index in [1.165, 1.54) is 0 Å². The van der Waals surface area contributed by atoms with E-state index in [9.17, 15) is 0 Å². The minimum absolute atomic E-state index is 0.150. The molecule has 2 N–H and O–H groups in total. The second kappa shape index (κ2) is 5.95. The molecule has 1 aromatic rings. The van der Waals surface area contributed by atoms with Crippen LogP contribution in [0.2, 0.25) is 5.02 Å². The minimum Gasteiger partial charge on any atom is -0.492 e. The van der Waals surface area contributed by atoms with Gasteiger partial charge in [-0.2, -0.15) is 0 Å². The monoisotopic (exact) mass is 229 g/mol. The number of benzene rings is 1. The first-order valence-electron chi connectivity index (χ1n) is 4.85. The van der Waals surface area contributed by atoms with Gasteiger partial charge in [-0.15, -0.1) is 0 Å². The number of ether oxygens (including phenoxy) is 2. The molecule has 15 heavy (non-hydrogen) atoms. The van der Waals surface area contributed by atoms with Crippen LogP contribution in [0.15, 0.2) is 18.2 Å². The Bertz CT molecular complexity index is 317. The molecule has 3 nitrogen and oxygen atoms in total. The van der Waals surface area contributed by atoms with Crippen LogP contribution in [0.5, 0.6) is 5.75 Å². The first-order chi connectivity index (χ1) is 7.19. The third-order valence-corrected chi connectivity index (χ3v) is 2.33. The quantitative estimate of drug-likeness (QED) is 0.843. The number of hydrogen-bond acceptors (Lipinski definition) is 3. The Morgan fingerprint density at radius 3 is 2.73 bits per heavy atom. The van der Waals surface area contributed by atoms with Crippen LogP contribution in [0.3, 0.4) is 0 Å². The molecule has 4 heteroatoms. The molecule has 0 spiro atoms. The fourth-order valence-electron chi connectivity index (χ4n) is 1.30. The molecule has 0 saturated carbocycles. The van der Waals surface area contributed by atoms with Crippen LogP contribution in [0.4, 0.5) is 0 Å². The number of rotatable bonds is 5. The van der Waals surface area contributed by atoms with Crippen molar-refractivity contribution in [2.75, 3.05) is 20.3 Å². The lowest BCUT2D eigenvalue weighted by molar-refractivity contribution is 0.181. The Morgan fingerprint density at radius 2 is 2.20 bits per heavy atom. The van der Waals surface area contributed by atoms with Gasteiger partial charge in [0, 0.05) is 7.11 Å². The summed E-state index contributed by atoms with van der Waals surface area (Å²) in [6, 6.07) is 5.40. The lowest BCUT2D eigenvalue weighted by atomic mass is 10.1. The molecule has 0 amide bonds. The van der Waals surface area contributed by atoms with Crippen molar-refractivity contribution in [2.45, 2.75) is 13.0 Å². The van der Waals surface area contributed by atoms with Crippen LogP contribution in [-0.2, 0) is 4.74 Å². The molecule has 0 aliphatic heterocycles. The van der Waals surface area contributed by atoms with E-state index in [1.54, 1.807) is 7.11 Å². The Balaban J connectivity index is 2.81. The lowest BCUT2D eigenvalue weighted by Gasteiger charge is -2.12. The van der Waals surface area contributed by atoms with Crippen LogP contribution in [0.25, 0.3) is 0 Å². The van der Waals surface area contributed by atoms with Crippen molar-refractivity contribution in [3.63, 3.8) is 0 Å². The van der Waals surface area contributed by atoms with Crippen molar-refractivity contribution >= 4 is 11.6 Å². The smallest absolute Gasteiger partial charge is 0.137 e. The average molecular weight is 230 g/mol. The Hall–Kier alpha value is -0.770. The third kappa shape index (κ3) is 3.38. The molecule has 0 aliphatic rings. The maximum Gasteiger partial charge on any atom is 0.137 e. The van der Waals surface area contributed by atoms with E-state index in [4.69, 9.17) is 26.8 Å². The highest BCUT2D eigenvalue weighted by Crippen LogP contribution is 2.27. The second-order valence-electron chi connectivity index (χ2n) is 3.18. The van der Waals surface area contributed by atoms with Crippen LogP contribution < -0.4 is 10.5 Å². The molecule has 0 radical (unpaired) electrons. The van der Waals surface area contributed by atoms with Gasteiger partial charge in [0.25, 0.3) is 0 Å². The Morgan fingerprint density at radius 1 is 1.47 bits per heavy atom. The summed E-state index contributed by atoms with van der Waals surface area (Å²) in [5, 5.41) is 0.584. The van der Waals surface area contributed by atoms with E-state index in [0.717, 1.165) is 5.56 Å². The maximum absolute atomic E-state index is 6.03. The lowest BCUT2D eigenvalue weighted by Crippen LogP contribution is -2.15. The van der Waals surface area contributed by atoms with Crippen LogP contribution in [-0.4, -0.2) is 20.3 Å². The van der Waals surface area contributed by atoms with E-state index in [2.05, 4.69) is 0 Å². The van der Waals surface area contributed by atoms with Crippen LogP contribution in [0, 0.1) is 0 Å². The highest BCUT2D eigenvalue weighted by molar-refractivity contribution is 6.32. The summed E-state index contributed by atoms with van der Waals surface area (Å²) in [7, 11) is 1.62. The van der Waals surface area contributed by atoms with Gasteiger partial charge in [-0.3, -0.25) is 0 Å². The van der Waals surface area contributed by atoms with Crippen LogP contribution in [0.1, 0.15) is 18.5 Å². The van der Waals surface area contributed by atoms with Gasteiger partial charge in [0.05, 0.1) is 24.3 Å². The highest BCUT2D eigenvalue weighted by atomic mass is 35.5. The van der Waals surface area contributed by atoms with Crippen molar-refractivity contribution in [3.05, 3.63) is 28.8 Å². The molecule has 1 rings (SSSR count). The maximum atomic E-state index is 6.03. The van der Waals surface area contributed by atoms with Gasteiger partial charge < -0.3 is 15.2 Å².